The molecule has 0 aromatic heterocycles. The summed E-state index contributed by atoms with van der Waals surface area (Å²) >= 11 is 1.45. The molecule has 1 aromatic carbocycles. The molecule has 0 radical (unpaired) electrons. The Bertz CT molecular complexity index is 748. The number of carbonyl (C=O) groups is 1. The summed E-state index contributed by atoms with van der Waals surface area (Å²) in [4.78, 5) is 12.9. The van der Waals surface area contributed by atoms with E-state index in [1.807, 2.05) is 6.92 Å². The molecule has 1 fully saturated rings. The maximum Gasteiger partial charge on any atom is 0.240 e. The molecule has 2 N–H and O–H groups in total. The van der Waals surface area contributed by atoms with Crippen LogP contribution in [0.15, 0.2) is 28.0 Å². The molecule has 132 valence electrons. The molecule has 4 atom stereocenters. The molecule has 0 saturated heterocycles. The number of benzene rings is 1. The number of nitrogens with one attached hydrogen (secondary N) is 2. The average Bonchev–Trinajstić information content (AvgIpc) is 2.52. The van der Waals surface area contributed by atoms with Gasteiger partial charge in [-0.3, -0.25) is 4.79 Å². The number of thioether (sulfide) groups is 1. The third-order valence-corrected chi connectivity index (χ3v) is 7.87. The molecule has 1 aliphatic heterocycles. The van der Waals surface area contributed by atoms with Crippen molar-refractivity contribution in [2.24, 2.45) is 11.8 Å². The van der Waals surface area contributed by atoms with Gasteiger partial charge in [0.25, 0.3) is 0 Å². The highest BCUT2D eigenvalue weighted by atomic mass is 32.2. The van der Waals surface area contributed by atoms with Crippen LogP contribution in [0, 0.1) is 11.8 Å². The Morgan fingerprint density at radius 2 is 1.96 bits per heavy atom. The van der Waals surface area contributed by atoms with Gasteiger partial charge in [0.2, 0.25) is 15.9 Å². The van der Waals surface area contributed by atoms with Gasteiger partial charge in [0.05, 0.1) is 15.8 Å². The van der Waals surface area contributed by atoms with E-state index in [0.717, 1.165) is 24.2 Å². The quantitative estimate of drug-likeness (QED) is 0.859. The summed E-state index contributed by atoms with van der Waals surface area (Å²) in [6, 6.07) is 4.93. The van der Waals surface area contributed by atoms with Gasteiger partial charge in [-0.1, -0.05) is 26.7 Å². The molecular formula is C17H24N2O3S2. The molecule has 5 nitrogen and oxygen atoms in total. The summed E-state index contributed by atoms with van der Waals surface area (Å²) in [5, 5.41) is 2.63. The van der Waals surface area contributed by atoms with Crippen LogP contribution in [-0.2, 0) is 14.8 Å². The van der Waals surface area contributed by atoms with Gasteiger partial charge in [0.1, 0.15) is 0 Å². The first-order valence-electron chi connectivity index (χ1n) is 8.42. The molecule has 1 aromatic rings. The minimum absolute atomic E-state index is 0.0289. The van der Waals surface area contributed by atoms with Gasteiger partial charge in [-0.15, -0.1) is 11.8 Å². The monoisotopic (exact) mass is 368 g/mol. The van der Waals surface area contributed by atoms with E-state index in [1.54, 1.807) is 18.2 Å². The predicted molar refractivity (Wildman–Crippen MR) is 96.7 cm³/mol. The lowest BCUT2D eigenvalue weighted by atomic mass is 9.78. The number of anilines is 1. The van der Waals surface area contributed by atoms with Crippen LogP contribution in [0.3, 0.4) is 0 Å². The Morgan fingerprint density at radius 1 is 1.21 bits per heavy atom. The third kappa shape index (κ3) is 3.48. The smallest absolute Gasteiger partial charge is 0.240 e. The normalized spacial score (nSPS) is 30.5. The van der Waals surface area contributed by atoms with Crippen molar-refractivity contribution >= 4 is 33.4 Å². The summed E-state index contributed by atoms with van der Waals surface area (Å²) in [5.41, 5.74) is 0.580. The highest BCUT2D eigenvalue weighted by Gasteiger charge is 2.31. The van der Waals surface area contributed by atoms with E-state index in [9.17, 15) is 13.2 Å². The first kappa shape index (κ1) is 17.8. The zero-order chi connectivity index (χ0) is 17.5. The van der Waals surface area contributed by atoms with Crippen LogP contribution in [0.4, 0.5) is 5.69 Å². The highest BCUT2D eigenvalue weighted by molar-refractivity contribution is 8.01. The predicted octanol–water partition coefficient (Wildman–Crippen LogP) is 3.22. The van der Waals surface area contributed by atoms with Crippen LogP contribution in [0.25, 0.3) is 0 Å². The number of sulfonamides is 1. The maximum atomic E-state index is 12.8. The topological polar surface area (TPSA) is 75.3 Å². The van der Waals surface area contributed by atoms with Gasteiger partial charge in [0.15, 0.2) is 0 Å². The van der Waals surface area contributed by atoms with Gasteiger partial charge in [-0.25, -0.2) is 13.1 Å². The van der Waals surface area contributed by atoms with Crippen molar-refractivity contribution < 1.29 is 13.2 Å². The first-order valence-corrected chi connectivity index (χ1v) is 10.8. The van der Waals surface area contributed by atoms with Crippen LogP contribution in [-0.4, -0.2) is 25.6 Å². The molecule has 1 heterocycles. The third-order valence-electron chi connectivity index (χ3n) is 5.21. The molecule has 0 bridgehead atoms. The van der Waals surface area contributed by atoms with E-state index in [4.69, 9.17) is 0 Å². The van der Waals surface area contributed by atoms with Crippen LogP contribution in [0.5, 0.6) is 0 Å². The Labute approximate surface area is 148 Å². The molecule has 1 amide bonds. The summed E-state index contributed by atoms with van der Waals surface area (Å²) in [7, 11) is -3.59. The number of fused-ring (bicyclic) bond motifs is 1. The number of hydrogen-bond donors (Lipinski definition) is 2. The fourth-order valence-electron chi connectivity index (χ4n) is 3.37. The fourth-order valence-corrected chi connectivity index (χ4v) is 5.69. The molecule has 1 aliphatic carbocycles. The lowest BCUT2D eigenvalue weighted by molar-refractivity contribution is -0.115. The number of carbonyl (C=O) groups excluding carboxylic acids is 1. The van der Waals surface area contributed by atoms with Crippen molar-refractivity contribution in [1.82, 2.24) is 4.72 Å². The van der Waals surface area contributed by atoms with Crippen molar-refractivity contribution in [3.63, 3.8) is 0 Å². The molecule has 0 unspecified atom stereocenters. The average molecular weight is 369 g/mol. The zero-order valence-corrected chi connectivity index (χ0v) is 15.8. The van der Waals surface area contributed by atoms with Gasteiger partial charge in [-0.05, 0) is 43.4 Å². The van der Waals surface area contributed by atoms with E-state index < -0.39 is 10.0 Å². The standard InChI is InChI=1S/C17H24N2O3S2/c1-10-5-4-6-14(11(10)2)19-24(21,22)13-7-8-16-15(9-13)18-17(20)12(3)23-16/h7-12,14,19H,4-6H2,1-3H3,(H,18,20)/t10-,11-,12-,14+/m0/s1. The van der Waals surface area contributed by atoms with Gasteiger partial charge < -0.3 is 5.32 Å². The largest absolute Gasteiger partial charge is 0.324 e. The second kappa shape index (κ2) is 6.69. The second-order valence-electron chi connectivity index (χ2n) is 6.90. The van der Waals surface area contributed by atoms with E-state index >= 15 is 0 Å². The van der Waals surface area contributed by atoms with Crippen LogP contribution in [0.2, 0.25) is 0 Å². The minimum Gasteiger partial charge on any atom is -0.324 e. The maximum absolute atomic E-state index is 12.8. The number of amides is 1. The van der Waals surface area contributed by atoms with Gasteiger partial charge >= 0.3 is 0 Å². The molecule has 0 spiro atoms. The molecule has 3 rings (SSSR count). The van der Waals surface area contributed by atoms with Crippen molar-refractivity contribution in [2.45, 2.75) is 61.1 Å². The Hall–Kier alpha value is -1.05. The van der Waals surface area contributed by atoms with E-state index in [-0.39, 0.29) is 22.1 Å². The van der Waals surface area contributed by atoms with E-state index in [2.05, 4.69) is 23.9 Å². The minimum atomic E-state index is -3.59. The van der Waals surface area contributed by atoms with Crippen LogP contribution < -0.4 is 10.0 Å². The fraction of sp³-hybridized carbons (Fsp3) is 0.588. The Kier molecular flexibility index (Phi) is 4.95. The summed E-state index contributed by atoms with van der Waals surface area (Å²) in [6.45, 7) is 6.13. The van der Waals surface area contributed by atoms with E-state index in [0.29, 0.717) is 17.5 Å². The summed E-state index contributed by atoms with van der Waals surface area (Å²) < 4.78 is 28.4. The highest BCUT2D eigenvalue weighted by Crippen LogP contribution is 2.37. The Balaban J connectivity index is 1.83. The first-order chi connectivity index (χ1) is 11.3. The molecule has 2 aliphatic rings. The van der Waals surface area contributed by atoms with Crippen molar-refractivity contribution in [2.75, 3.05) is 5.32 Å². The molecular weight excluding hydrogens is 344 g/mol. The molecule has 1 saturated carbocycles. The lowest BCUT2D eigenvalue weighted by Crippen LogP contribution is -2.43. The summed E-state index contributed by atoms with van der Waals surface area (Å²) in [6.07, 6.45) is 3.08. The SMILES string of the molecule is C[C@H]1[C@@H](C)CCC[C@H]1NS(=O)(=O)c1ccc2c(c1)NC(=O)[C@H](C)S2. The molecule has 7 heteroatoms. The Morgan fingerprint density at radius 3 is 2.71 bits per heavy atom. The number of rotatable bonds is 3. The second-order valence-corrected chi connectivity index (χ2v) is 10.00. The number of hydrogen-bond acceptors (Lipinski definition) is 4. The van der Waals surface area contributed by atoms with Gasteiger partial charge in [-0.2, -0.15) is 0 Å². The van der Waals surface area contributed by atoms with E-state index in [1.165, 1.54) is 11.8 Å². The lowest BCUT2D eigenvalue weighted by Gasteiger charge is -2.34. The summed E-state index contributed by atoms with van der Waals surface area (Å²) in [5.74, 6) is 0.749. The van der Waals surface area contributed by atoms with Crippen molar-refractivity contribution in [3.05, 3.63) is 18.2 Å². The van der Waals surface area contributed by atoms with Crippen LogP contribution in [0.1, 0.15) is 40.0 Å². The van der Waals surface area contributed by atoms with Crippen molar-refractivity contribution in [3.8, 4) is 0 Å². The zero-order valence-electron chi connectivity index (χ0n) is 14.2. The van der Waals surface area contributed by atoms with Gasteiger partial charge in [0, 0.05) is 10.9 Å². The van der Waals surface area contributed by atoms with Crippen LogP contribution >= 0.6 is 11.8 Å². The molecule has 24 heavy (non-hydrogen) atoms. The van der Waals surface area contributed by atoms with Crippen molar-refractivity contribution in [1.29, 1.82) is 0 Å².